The van der Waals surface area contributed by atoms with E-state index in [0.29, 0.717) is 4.57 Å². The number of hydrogen-bond acceptors (Lipinski definition) is 6. The van der Waals surface area contributed by atoms with Crippen LogP contribution in [-0.4, -0.2) is 45.2 Å². The highest BCUT2D eigenvalue weighted by Gasteiger charge is 2.60. The lowest BCUT2D eigenvalue weighted by Crippen LogP contribution is -2.40. The molecule has 2 heterocycles. The lowest BCUT2D eigenvalue weighted by molar-refractivity contribution is -0.130. The van der Waals surface area contributed by atoms with Gasteiger partial charge < -0.3 is 15.6 Å². The van der Waals surface area contributed by atoms with Crippen LogP contribution in [0, 0.1) is 0 Å². The lowest BCUT2D eigenvalue weighted by atomic mass is 10.1. The number of nitrogen functional groups attached to an aromatic ring is 1. The molecule has 3 unspecified atom stereocenters. The molecular formula is C13H14F3N3O4. The average molecular weight is 333 g/mol. The number of aromatic nitrogens is 2. The fourth-order valence-corrected chi connectivity index (χ4v) is 2.10. The second-order valence-electron chi connectivity index (χ2n) is 5.00. The summed E-state index contributed by atoms with van der Waals surface area (Å²) < 4.78 is 46.6. The fraction of sp³-hybridized carbons (Fsp3) is 0.462. The Morgan fingerprint density at radius 3 is 2.78 bits per heavy atom. The van der Waals surface area contributed by atoms with Gasteiger partial charge in [-0.05, 0) is 19.1 Å². The van der Waals surface area contributed by atoms with Gasteiger partial charge in [0.25, 0.3) is 0 Å². The van der Waals surface area contributed by atoms with Crippen LogP contribution in [0.3, 0.4) is 0 Å². The van der Waals surface area contributed by atoms with Crippen LogP contribution < -0.4 is 11.4 Å². The number of ketones is 1. The van der Waals surface area contributed by atoms with Crippen molar-refractivity contribution in [2.45, 2.75) is 31.3 Å². The second kappa shape index (κ2) is 6.13. The van der Waals surface area contributed by atoms with E-state index < -0.39 is 36.7 Å². The molecule has 0 aromatic carbocycles. The molecule has 23 heavy (non-hydrogen) atoms. The molecule has 0 bridgehead atoms. The molecule has 1 aromatic rings. The Balaban J connectivity index is 2.49. The van der Waals surface area contributed by atoms with Crippen molar-refractivity contribution < 1.29 is 27.8 Å². The maximum atomic E-state index is 13.9. The van der Waals surface area contributed by atoms with E-state index in [1.807, 2.05) is 0 Å². The number of halogens is 3. The number of allylic oxidation sites excluding steroid dienone is 1. The molecule has 1 aliphatic rings. The Morgan fingerprint density at radius 2 is 2.26 bits per heavy atom. The number of hydrogen-bond donors (Lipinski definition) is 2. The Labute approximate surface area is 128 Å². The summed E-state index contributed by atoms with van der Waals surface area (Å²) >= 11 is 0. The molecule has 3 N–H and O–H groups in total. The van der Waals surface area contributed by atoms with E-state index in [-0.39, 0.29) is 17.2 Å². The number of carbonyl (C=O) groups excluding carboxylic acids is 1. The summed E-state index contributed by atoms with van der Waals surface area (Å²) in [5, 5.41) is 8.88. The van der Waals surface area contributed by atoms with Gasteiger partial charge in [0, 0.05) is 11.8 Å². The largest absolute Gasteiger partial charge is 0.394 e. The smallest absolute Gasteiger partial charge is 0.351 e. The SMILES string of the molecule is CC(=O)/C=C/c1cn(C2OC(CO)C(F)C2(F)F)c(=O)nc1N. The van der Waals surface area contributed by atoms with E-state index in [0.717, 1.165) is 12.3 Å². The normalized spacial score (nSPS) is 26.7. The van der Waals surface area contributed by atoms with Gasteiger partial charge in [-0.15, -0.1) is 0 Å². The standard InChI is InChI=1S/C13H14F3N3O4/c1-6(21)2-3-7-4-19(12(22)18-10(7)17)11-13(15,16)9(14)8(5-20)23-11/h2-4,8-9,11,20H,5H2,1H3,(H2,17,18,22)/b3-2+. The number of aliphatic hydroxyl groups is 1. The van der Waals surface area contributed by atoms with E-state index in [1.165, 1.54) is 13.0 Å². The summed E-state index contributed by atoms with van der Waals surface area (Å²) in [6, 6.07) is 0. The van der Waals surface area contributed by atoms with Crippen LogP contribution in [0.15, 0.2) is 17.1 Å². The molecule has 1 aliphatic heterocycles. The van der Waals surface area contributed by atoms with Gasteiger partial charge in [-0.2, -0.15) is 13.8 Å². The molecule has 1 fully saturated rings. The maximum Gasteiger partial charge on any atom is 0.351 e. The minimum atomic E-state index is -4.05. The van der Waals surface area contributed by atoms with Gasteiger partial charge in [-0.1, -0.05) is 0 Å². The molecule has 0 saturated carbocycles. The molecule has 0 aliphatic carbocycles. The first-order valence-electron chi connectivity index (χ1n) is 6.54. The van der Waals surface area contributed by atoms with Crippen molar-refractivity contribution in [3.05, 3.63) is 28.3 Å². The highest BCUT2D eigenvalue weighted by Crippen LogP contribution is 2.43. The third kappa shape index (κ3) is 3.13. The monoisotopic (exact) mass is 333 g/mol. The van der Waals surface area contributed by atoms with Gasteiger partial charge in [0.1, 0.15) is 11.9 Å². The van der Waals surface area contributed by atoms with E-state index in [9.17, 15) is 22.8 Å². The van der Waals surface area contributed by atoms with Gasteiger partial charge in [-0.3, -0.25) is 9.36 Å². The summed E-state index contributed by atoms with van der Waals surface area (Å²) in [6.45, 7) is 0.283. The Bertz CT molecular complexity index is 704. The third-order valence-corrected chi connectivity index (χ3v) is 3.27. The highest BCUT2D eigenvalue weighted by molar-refractivity contribution is 5.92. The minimum Gasteiger partial charge on any atom is -0.394 e. The van der Waals surface area contributed by atoms with Crippen molar-refractivity contribution in [1.82, 2.24) is 9.55 Å². The Hall–Kier alpha value is -2.20. The molecule has 3 atom stereocenters. The fourth-order valence-electron chi connectivity index (χ4n) is 2.10. The molecule has 0 amide bonds. The average Bonchev–Trinajstić information content (AvgIpc) is 2.69. The van der Waals surface area contributed by atoms with Crippen molar-refractivity contribution in [2.75, 3.05) is 12.3 Å². The van der Waals surface area contributed by atoms with Crippen molar-refractivity contribution in [2.24, 2.45) is 0 Å². The van der Waals surface area contributed by atoms with E-state index in [2.05, 4.69) is 4.98 Å². The molecular weight excluding hydrogens is 319 g/mol. The van der Waals surface area contributed by atoms with Crippen LogP contribution in [0.4, 0.5) is 19.0 Å². The number of carbonyl (C=O) groups is 1. The van der Waals surface area contributed by atoms with Gasteiger partial charge >= 0.3 is 11.6 Å². The predicted octanol–water partition coefficient (Wildman–Crippen LogP) is 0.291. The first-order chi connectivity index (χ1) is 10.7. The first-order valence-corrected chi connectivity index (χ1v) is 6.54. The van der Waals surface area contributed by atoms with Crippen molar-refractivity contribution >= 4 is 17.7 Å². The molecule has 1 aromatic heterocycles. The van der Waals surface area contributed by atoms with Gasteiger partial charge in [0.2, 0.25) is 6.23 Å². The Kier molecular flexibility index (Phi) is 4.57. The summed E-state index contributed by atoms with van der Waals surface area (Å²) in [5.41, 5.74) is 4.34. The number of rotatable bonds is 4. The zero-order valence-electron chi connectivity index (χ0n) is 11.9. The summed E-state index contributed by atoms with van der Waals surface area (Å²) in [6.07, 6.45) is -3.64. The number of anilines is 1. The number of aliphatic hydroxyl groups excluding tert-OH is 1. The van der Waals surface area contributed by atoms with Crippen LogP contribution in [-0.2, 0) is 9.53 Å². The van der Waals surface area contributed by atoms with Crippen LogP contribution in [0.5, 0.6) is 0 Å². The topological polar surface area (TPSA) is 107 Å². The summed E-state index contributed by atoms with van der Waals surface area (Å²) in [4.78, 5) is 26.1. The third-order valence-electron chi connectivity index (χ3n) is 3.27. The number of ether oxygens (including phenoxy) is 1. The molecule has 10 heteroatoms. The summed E-state index contributed by atoms with van der Waals surface area (Å²) in [7, 11) is 0. The zero-order valence-corrected chi connectivity index (χ0v) is 11.9. The number of alkyl halides is 3. The number of nitrogens with zero attached hydrogens (tertiary/aromatic N) is 2. The van der Waals surface area contributed by atoms with E-state index in [4.69, 9.17) is 15.6 Å². The molecule has 0 spiro atoms. The molecule has 1 saturated heterocycles. The first kappa shape index (κ1) is 17.2. The minimum absolute atomic E-state index is 0.0158. The Morgan fingerprint density at radius 1 is 1.61 bits per heavy atom. The quantitative estimate of drug-likeness (QED) is 0.767. The number of nitrogens with two attached hydrogens (primary N) is 1. The maximum absolute atomic E-state index is 13.9. The van der Waals surface area contributed by atoms with Crippen LogP contribution in [0.2, 0.25) is 0 Å². The van der Waals surface area contributed by atoms with E-state index >= 15 is 0 Å². The van der Waals surface area contributed by atoms with Gasteiger partial charge in [-0.25, -0.2) is 9.18 Å². The highest BCUT2D eigenvalue weighted by atomic mass is 19.3. The van der Waals surface area contributed by atoms with Crippen molar-refractivity contribution in [3.63, 3.8) is 0 Å². The molecule has 7 nitrogen and oxygen atoms in total. The van der Waals surface area contributed by atoms with Gasteiger partial charge in [0.05, 0.1) is 6.61 Å². The predicted molar refractivity (Wildman–Crippen MR) is 73.5 cm³/mol. The molecule has 126 valence electrons. The lowest BCUT2D eigenvalue weighted by Gasteiger charge is -2.20. The van der Waals surface area contributed by atoms with Crippen LogP contribution >= 0.6 is 0 Å². The second-order valence-corrected chi connectivity index (χ2v) is 5.00. The van der Waals surface area contributed by atoms with Crippen LogP contribution in [0.25, 0.3) is 6.08 Å². The van der Waals surface area contributed by atoms with Gasteiger partial charge in [0.15, 0.2) is 12.0 Å². The molecule has 0 radical (unpaired) electrons. The van der Waals surface area contributed by atoms with Crippen molar-refractivity contribution in [3.8, 4) is 0 Å². The van der Waals surface area contributed by atoms with E-state index in [1.54, 1.807) is 0 Å². The van der Waals surface area contributed by atoms with Crippen molar-refractivity contribution in [1.29, 1.82) is 0 Å². The van der Waals surface area contributed by atoms with Crippen LogP contribution in [0.1, 0.15) is 18.7 Å². The zero-order chi connectivity index (χ0) is 17.4. The summed E-state index contributed by atoms with van der Waals surface area (Å²) in [5.74, 6) is -4.66. The molecule has 2 rings (SSSR count).